The zero-order valence-corrected chi connectivity index (χ0v) is 12.0. The Morgan fingerprint density at radius 2 is 1.86 bits per heavy atom. The van der Waals surface area contributed by atoms with Crippen molar-refractivity contribution in [3.63, 3.8) is 0 Å². The molecule has 0 atom stereocenters. The number of hydrogen-bond acceptors (Lipinski definition) is 3. The molecule has 0 radical (unpaired) electrons. The third-order valence-electron chi connectivity index (χ3n) is 2.90. The predicted octanol–water partition coefficient (Wildman–Crippen LogP) is 2.72. The average Bonchev–Trinajstić information content (AvgIpc) is 2.52. The lowest BCUT2D eigenvalue weighted by atomic mass is 10.2. The number of hydrogen-bond donors (Lipinski definition) is 1. The van der Waals surface area contributed by atoms with Crippen LogP contribution in [0.4, 0.5) is 0 Å². The van der Waals surface area contributed by atoms with Crippen LogP contribution in [0.3, 0.4) is 0 Å². The Hall–Kier alpha value is -2.62. The number of ether oxygens (including phenoxy) is 1. The number of nitrogens with one attached hydrogen (secondary N) is 1. The van der Waals surface area contributed by atoms with Gasteiger partial charge in [-0.2, -0.15) is 5.10 Å². The summed E-state index contributed by atoms with van der Waals surface area (Å²) in [6.07, 6.45) is 2.35. The van der Waals surface area contributed by atoms with E-state index in [4.69, 9.17) is 4.74 Å². The Morgan fingerprint density at radius 1 is 1.14 bits per heavy atom. The van der Waals surface area contributed by atoms with Crippen LogP contribution in [-0.2, 0) is 11.2 Å². The summed E-state index contributed by atoms with van der Waals surface area (Å²) in [5.41, 5.74) is 4.59. The van der Waals surface area contributed by atoms with E-state index >= 15 is 0 Å². The largest absolute Gasteiger partial charge is 0.483 e. The summed E-state index contributed by atoms with van der Waals surface area (Å²) in [5, 5.41) is 3.90. The van der Waals surface area contributed by atoms with Crippen LogP contribution in [0.25, 0.3) is 0 Å². The van der Waals surface area contributed by atoms with Crippen LogP contribution in [0, 0.1) is 6.92 Å². The van der Waals surface area contributed by atoms with Crippen molar-refractivity contribution in [3.05, 3.63) is 65.7 Å². The van der Waals surface area contributed by atoms with Gasteiger partial charge in [0, 0.05) is 12.6 Å². The fourth-order valence-electron chi connectivity index (χ4n) is 1.78. The SMILES string of the molecule is Cc1ccccc1OCC(=O)N/N=C/Cc1ccccc1. The Balaban J connectivity index is 1.71. The molecular formula is C17H18N2O2. The second-order valence-corrected chi connectivity index (χ2v) is 4.59. The maximum absolute atomic E-state index is 11.6. The molecule has 0 saturated carbocycles. The zero-order chi connectivity index (χ0) is 14.9. The van der Waals surface area contributed by atoms with Gasteiger partial charge in [-0.25, -0.2) is 5.43 Å². The molecule has 0 aliphatic rings. The van der Waals surface area contributed by atoms with E-state index in [-0.39, 0.29) is 12.5 Å². The summed E-state index contributed by atoms with van der Waals surface area (Å²) in [6.45, 7) is 1.89. The van der Waals surface area contributed by atoms with Gasteiger partial charge in [0.2, 0.25) is 0 Å². The molecule has 0 spiro atoms. The average molecular weight is 282 g/mol. The van der Waals surface area contributed by atoms with Gasteiger partial charge in [-0.15, -0.1) is 0 Å². The van der Waals surface area contributed by atoms with Gasteiger partial charge in [-0.05, 0) is 24.1 Å². The second kappa shape index (κ2) is 7.85. The standard InChI is InChI=1S/C17H18N2O2/c1-14-7-5-6-10-16(14)21-13-17(20)19-18-12-11-15-8-3-2-4-9-15/h2-10,12H,11,13H2,1H3,(H,19,20)/b18-12+. The van der Waals surface area contributed by atoms with Crippen LogP contribution in [0.15, 0.2) is 59.7 Å². The third kappa shape index (κ3) is 5.10. The summed E-state index contributed by atoms with van der Waals surface area (Å²) >= 11 is 0. The smallest absolute Gasteiger partial charge is 0.277 e. The summed E-state index contributed by atoms with van der Waals surface area (Å²) < 4.78 is 5.43. The summed E-state index contributed by atoms with van der Waals surface area (Å²) in [5.74, 6) is 0.434. The van der Waals surface area contributed by atoms with E-state index in [0.29, 0.717) is 12.2 Å². The van der Waals surface area contributed by atoms with Crippen LogP contribution in [0.1, 0.15) is 11.1 Å². The molecule has 4 nitrogen and oxygen atoms in total. The van der Waals surface area contributed by atoms with E-state index in [1.165, 1.54) is 0 Å². The summed E-state index contributed by atoms with van der Waals surface area (Å²) in [7, 11) is 0. The first kappa shape index (κ1) is 14.8. The minimum atomic E-state index is -0.275. The van der Waals surface area contributed by atoms with E-state index in [1.807, 2.05) is 61.5 Å². The van der Waals surface area contributed by atoms with E-state index in [1.54, 1.807) is 6.21 Å². The van der Waals surface area contributed by atoms with Gasteiger partial charge in [0.25, 0.3) is 5.91 Å². The highest BCUT2D eigenvalue weighted by molar-refractivity contribution is 5.78. The number of hydrazone groups is 1. The molecule has 2 aromatic carbocycles. The normalized spacial score (nSPS) is 10.5. The fraction of sp³-hybridized carbons (Fsp3) is 0.176. The minimum Gasteiger partial charge on any atom is -0.483 e. The van der Waals surface area contributed by atoms with Gasteiger partial charge in [0.1, 0.15) is 5.75 Å². The maximum atomic E-state index is 11.6. The number of para-hydroxylation sites is 1. The summed E-state index contributed by atoms with van der Waals surface area (Å²) in [4.78, 5) is 11.6. The Bertz CT molecular complexity index is 609. The van der Waals surface area contributed by atoms with Gasteiger partial charge in [-0.3, -0.25) is 4.79 Å². The van der Waals surface area contributed by atoms with Crippen molar-refractivity contribution in [3.8, 4) is 5.75 Å². The Morgan fingerprint density at radius 3 is 2.62 bits per heavy atom. The minimum absolute atomic E-state index is 0.0481. The fourth-order valence-corrected chi connectivity index (χ4v) is 1.78. The maximum Gasteiger partial charge on any atom is 0.277 e. The highest BCUT2D eigenvalue weighted by atomic mass is 16.5. The lowest BCUT2D eigenvalue weighted by Gasteiger charge is -2.07. The predicted molar refractivity (Wildman–Crippen MR) is 83.5 cm³/mol. The van der Waals surface area contributed by atoms with Gasteiger partial charge >= 0.3 is 0 Å². The quantitative estimate of drug-likeness (QED) is 0.654. The monoisotopic (exact) mass is 282 g/mol. The first-order valence-electron chi connectivity index (χ1n) is 6.78. The topological polar surface area (TPSA) is 50.7 Å². The van der Waals surface area contributed by atoms with Crippen LogP contribution >= 0.6 is 0 Å². The molecule has 0 bridgehead atoms. The van der Waals surface area contributed by atoms with Gasteiger partial charge in [0.05, 0.1) is 0 Å². The lowest BCUT2D eigenvalue weighted by molar-refractivity contribution is -0.123. The van der Waals surface area contributed by atoms with E-state index in [2.05, 4.69) is 10.5 Å². The number of benzene rings is 2. The van der Waals surface area contributed by atoms with Crippen molar-refractivity contribution >= 4 is 12.1 Å². The van der Waals surface area contributed by atoms with Crippen LogP contribution < -0.4 is 10.2 Å². The molecule has 0 aromatic heterocycles. The molecule has 0 aliphatic carbocycles. The number of aryl methyl sites for hydroxylation is 1. The zero-order valence-electron chi connectivity index (χ0n) is 12.0. The first-order valence-corrected chi connectivity index (χ1v) is 6.78. The number of amides is 1. The molecule has 0 unspecified atom stereocenters. The molecular weight excluding hydrogens is 264 g/mol. The van der Waals surface area contributed by atoms with Gasteiger partial charge in [0.15, 0.2) is 6.61 Å². The molecule has 0 aliphatic heterocycles. The molecule has 0 saturated heterocycles. The second-order valence-electron chi connectivity index (χ2n) is 4.59. The van der Waals surface area contributed by atoms with Gasteiger partial charge in [-0.1, -0.05) is 48.5 Å². The molecule has 1 amide bonds. The molecule has 0 heterocycles. The Labute approximate surface area is 124 Å². The molecule has 0 fully saturated rings. The van der Waals surface area contributed by atoms with E-state index in [0.717, 1.165) is 11.1 Å². The van der Waals surface area contributed by atoms with E-state index < -0.39 is 0 Å². The van der Waals surface area contributed by atoms with Crippen molar-refractivity contribution in [2.24, 2.45) is 5.10 Å². The number of carbonyl (C=O) groups is 1. The summed E-state index contributed by atoms with van der Waals surface area (Å²) in [6, 6.07) is 17.5. The molecule has 2 rings (SSSR count). The van der Waals surface area contributed by atoms with Crippen molar-refractivity contribution in [1.82, 2.24) is 5.43 Å². The highest BCUT2D eigenvalue weighted by Gasteiger charge is 2.02. The highest BCUT2D eigenvalue weighted by Crippen LogP contribution is 2.15. The third-order valence-corrected chi connectivity index (χ3v) is 2.90. The molecule has 1 N–H and O–H groups in total. The van der Waals surface area contributed by atoms with Crippen molar-refractivity contribution < 1.29 is 9.53 Å². The first-order chi connectivity index (χ1) is 10.3. The van der Waals surface area contributed by atoms with Crippen molar-refractivity contribution in [2.45, 2.75) is 13.3 Å². The Kier molecular flexibility index (Phi) is 5.52. The van der Waals surface area contributed by atoms with Crippen molar-refractivity contribution in [2.75, 3.05) is 6.61 Å². The van der Waals surface area contributed by atoms with Crippen LogP contribution in [0.2, 0.25) is 0 Å². The van der Waals surface area contributed by atoms with E-state index in [9.17, 15) is 4.79 Å². The van der Waals surface area contributed by atoms with Gasteiger partial charge < -0.3 is 4.74 Å². The molecule has 4 heteroatoms. The number of carbonyl (C=O) groups excluding carboxylic acids is 1. The number of nitrogens with zero attached hydrogens (tertiary/aromatic N) is 1. The number of rotatable bonds is 6. The molecule has 2 aromatic rings. The van der Waals surface area contributed by atoms with Crippen molar-refractivity contribution in [1.29, 1.82) is 0 Å². The lowest BCUT2D eigenvalue weighted by Crippen LogP contribution is -2.24. The van der Waals surface area contributed by atoms with Crippen LogP contribution in [-0.4, -0.2) is 18.7 Å². The molecule has 108 valence electrons. The molecule has 21 heavy (non-hydrogen) atoms. The van der Waals surface area contributed by atoms with Crippen LogP contribution in [0.5, 0.6) is 5.75 Å².